The predicted octanol–water partition coefficient (Wildman–Crippen LogP) is 2.03. The van der Waals surface area contributed by atoms with Crippen molar-refractivity contribution in [2.24, 2.45) is 5.92 Å². The molecule has 4 N–H and O–H groups in total. The summed E-state index contributed by atoms with van der Waals surface area (Å²) in [7, 11) is 0. The molecule has 0 aliphatic carbocycles. The number of aliphatic hydroxyl groups is 1. The third kappa shape index (κ3) is 4.47. The van der Waals surface area contributed by atoms with Crippen LogP contribution in [0.2, 0.25) is 0 Å². The van der Waals surface area contributed by atoms with Gasteiger partial charge in [-0.15, -0.1) is 0 Å². The number of hydrogen-bond acceptors (Lipinski definition) is 5. The Morgan fingerprint density at radius 3 is 2.59 bits per heavy atom. The Balaban J connectivity index is 2.55. The van der Waals surface area contributed by atoms with Gasteiger partial charge in [-0.3, -0.25) is 0 Å². The van der Waals surface area contributed by atoms with Crippen LogP contribution in [0.15, 0.2) is 10.7 Å². The van der Waals surface area contributed by atoms with Crippen molar-refractivity contribution in [3.05, 3.63) is 10.7 Å². The van der Waals surface area contributed by atoms with Crippen molar-refractivity contribution >= 4 is 27.7 Å². The number of nitrogen functional groups attached to an aromatic ring is 1. The minimum Gasteiger partial charge on any atom is -0.391 e. The number of anilines is 2. The topological polar surface area (TPSA) is 84.1 Å². The van der Waals surface area contributed by atoms with Gasteiger partial charge in [0, 0.05) is 12.6 Å². The van der Waals surface area contributed by atoms with E-state index in [2.05, 4.69) is 45.1 Å². The van der Waals surface area contributed by atoms with E-state index in [-0.39, 0.29) is 0 Å². The molecule has 1 rings (SSSR count). The quantitative estimate of drug-likeness (QED) is 0.700. The first-order valence-corrected chi connectivity index (χ1v) is 6.58. The molecule has 0 aliphatic heterocycles. The largest absolute Gasteiger partial charge is 0.391 e. The second kappa shape index (κ2) is 6.76. The van der Waals surface area contributed by atoms with Crippen molar-refractivity contribution in [1.29, 1.82) is 0 Å². The molecule has 0 spiro atoms. The summed E-state index contributed by atoms with van der Waals surface area (Å²) >= 11 is 3.24. The van der Waals surface area contributed by atoms with E-state index in [1.54, 1.807) is 6.07 Å². The summed E-state index contributed by atoms with van der Waals surface area (Å²) in [6, 6.07) is 1.63. The Labute approximate surface area is 110 Å². The lowest BCUT2D eigenvalue weighted by molar-refractivity contribution is 0.114. The highest BCUT2D eigenvalue weighted by Crippen LogP contribution is 2.15. The number of nitrogens with zero attached hydrogens (tertiary/aromatic N) is 2. The summed E-state index contributed by atoms with van der Waals surface area (Å²) < 4.78 is 0.629. The first-order valence-electron chi connectivity index (χ1n) is 5.78. The van der Waals surface area contributed by atoms with Crippen LogP contribution in [-0.2, 0) is 0 Å². The van der Waals surface area contributed by atoms with E-state index in [0.29, 0.717) is 28.8 Å². The molecule has 0 saturated carbocycles. The second-order valence-corrected chi connectivity index (χ2v) is 4.78. The van der Waals surface area contributed by atoms with Gasteiger partial charge in [-0.25, -0.2) is 4.98 Å². The number of hydrogen-bond donors (Lipinski definition) is 3. The number of halogens is 1. The van der Waals surface area contributed by atoms with Gasteiger partial charge in [-0.05, 0) is 21.8 Å². The Hall–Kier alpha value is -0.880. The van der Waals surface area contributed by atoms with Crippen molar-refractivity contribution in [3.63, 3.8) is 0 Å². The van der Waals surface area contributed by atoms with Crippen LogP contribution in [0.25, 0.3) is 0 Å². The number of nitrogens with one attached hydrogen (secondary N) is 1. The van der Waals surface area contributed by atoms with E-state index in [1.807, 2.05) is 0 Å². The van der Waals surface area contributed by atoms with Crippen LogP contribution in [0.1, 0.15) is 26.7 Å². The first-order chi connectivity index (χ1) is 8.06. The van der Waals surface area contributed by atoms with Crippen LogP contribution in [0.4, 0.5) is 11.8 Å². The van der Waals surface area contributed by atoms with Crippen molar-refractivity contribution in [3.8, 4) is 0 Å². The zero-order valence-corrected chi connectivity index (χ0v) is 11.7. The van der Waals surface area contributed by atoms with Crippen molar-refractivity contribution in [2.45, 2.75) is 32.8 Å². The van der Waals surface area contributed by atoms with E-state index in [1.165, 1.54) is 0 Å². The Kier molecular flexibility index (Phi) is 5.64. The molecular weight excluding hydrogens is 284 g/mol. The minimum absolute atomic E-state index is 0.298. The SMILES string of the molecule is CCC(CC)C(O)CNc1nc(N)cc(Br)n1. The average Bonchev–Trinajstić information content (AvgIpc) is 2.27. The molecule has 1 aromatic rings. The Morgan fingerprint density at radius 2 is 2.06 bits per heavy atom. The van der Waals surface area contributed by atoms with Gasteiger partial charge >= 0.3 is 0 Å². The molecule has 1 atom stereocenters. The fourth-order valence-electron chi connectivity index (χ4n) is 1.71. The smallest absolute Gasteiger partial charge is 0.225 e. The molecule has 0 amide bonds. The molecule has 1 unspecified atom stereocenters. The highest BCUT2D eigenvalue weighted by atomic mass is 79.9. The zero-order chi connectivity index (χ0) is 12.8. The minimum atomic E-state index is -0.395. The lowest BCUT2D eigenvalue weighted by atomic mass is 9.97. The maximum Gasteiger partial charge on any atom is 0.225 e. The summed E-state index contributed by atoms with van der Waals surface area (Å²) in [6.07, 6.45) is 1.52. The van der Waals surface area contributed by atoms with Crippen molar-refractivity contribution in [1.82, 2.24) is 9.97 Å². The standard InChI is InChI=1S/C11H19BrN4O/c1-3-7(4-2)8(17)6-14-11-15-9(12)5-10(13)16-11/h5,7-8,17H,3-4,6H2,1-2H3,(H3,13,14,15,16). The maximum atomic E-state index is 9.95. The summed E-state index contributed by atoms with van der Waals surface area (Å²) in [5.41, 5.74) is 5.59. The molecule has 17 heavy (non-hydrogen) atoms. The molecule has 0 bridgehead atoms. The predicted molar refractivity (Wildman–Crippen MR) is 72.7 cm³/mol. The van der Waals surface area contributed by atoms with Crippen LogP contribution >= 0.6 is 15.9 Å². The van der Waals surface area contributed by atoms with E-state index < -0.39 is 6.10 Å². The zero-order valence-electron chi connectivity index (χ0n) is 10.2. The third-order valence-electron chi connectivity index (χ3n) is 2.78. The average molecular weight is 303 g/mol. The molecule has 0 aliphatic rings. The second-order valence-electron chi connectivity index (χ2n) is 3.96. The van der Waals surface area contributed by atoms with Crippen LogP contribution in [0.3, 0.4) is 0 Å². The van der Waals surface area contributed by atoms with Crippen LogP contribution in [0.5, 0.6) is 0 Å². The molecule has 1 aromatic heterocycles. The molecule has 0 radical (unpaired) electrons. The summed E-state index contributed by atoms with van der Waals surface area (Å²) in [4.78, 5) is 8.15. The number of nitrogens with two attached hydrogens (primary N) is 1. The van der Waals surface area contributed by atoms with E-state index >= 15 is 0 Å². The molecule has 5 nitrogen and oxygen atoms in total. The molecule has 0 aromatic carbocycles. The number of rotatable bonds is 6. The van der Waals surface area contributed by atoms with Crippen LogP contribution < -0.4 is 11.1 Å². The van der Waals surface area contributed by atoms with Gasteiger partial charge in [0.1, 0.15) is 10.4 Å². The van der Waals surface area contributed by atoms with E-state index in [4.69, 9.17) is 5.73 Å². The highest BCUT2D eigenvalue weighted by molar-refractivity contribution is 9.10. The molecular formula is C11H19BrN4O. The molecule has 0 fully saturated rings. The van der Waals surface area contributed by atoms with Gasteiger partial charge in [0.15, 0.2) is 0 Å². The normalized spacial score (nSPS) is 12.8. The van der Waals surface area contributed by atoms with Crippen molar-refractivity contribution < 1.29 is 5.11 Å². The van der Waals surface area contributed by atoms with Gasteiger partial charge < -0.3 is 16.2 Å². The molecule has 0 saturated heterocycles. The Morgan fingerprint density at radius 1 is 1.41 bits per heavy atom. The van der Waals surface area contributed by atoms with Gasteiger partial charge in [0.25, 0.3) is 0 Å². The summed E-state index contributed by atoms with van der Waals surface area (Å²) in [5.74, 6) is 1.13. The van der Waals surface area contributed by atoms with Gasteiger partial charge in [0.05, 0.1) is 6.10 Å². The van der Waals surface area contributed by atoms with Gasteiger partial charge in [0.2, 0.25) is 5.95 Å². The van der Waals surface area contributed by atoms with E-state index in [0.717, 1.165) is 12.8 Å². The summed E-state index contributed by atoms with van der Waals surface area (Å²) in [6.45, 7) is 4.58. The molecule has 96 valence electrons. The first kappa shape index (κ1) is 14.2. The van der Waals surface area contributed by atoms with E-state index in [9.17, 15) is 5.11 Å². The molecule has 6 heteroatoms. The fourth-order valence-corrected chi connectivity index (χ4v) is 2.11. The fraction of sp³-hybridized carbons (Fsp3) is 0.636. The lowest BCUT2D eigenvalue weighted by Crippen LogP contribution is -2.28. The van der Waals surface area contributed by atoms with Crippen LogP contribution in [0, 0.1) is 5.92 Å². The third-order valence-corrected chi connectivity index (χ3v) is 3.18. The number of aliphatic hydroxyl groups excluding tert-OH is 1. The van der Waals surface area contributed by atoms with Gasteiger partial charge in [-0.2, -0.15) is 4.98 Å². The maximum absolute atomic E-state index is 9.95. The number of aromatic nitrogens is 2. The Bertz CT molecular complexity index is 337. The van der Waals surface area contributed by atoms with Gasteiger partial charge in [-0.1, -0.05) is 26.7 Å². The highest BCUT2D eigenvalue weighted by Gasteiger charge is 2.15. The molecule has 1 heterocycles. The van der Waals surface area contributed by atoms with Crippen molar-refractivity contribution in [2.75, 3.05) is 17.6 Å². The summed E-state index contributed by atoms with van der Waals surface area (Å²) in [5, 5.41) is 12.9. The van der Waals surface area contributed by atoms with Crippen LogP contribution in [-0.4, -0.2) is 27.7 Å². The lowest BCUT2D eigenvalue weighted by Gasteiger charge is -2.20. The monoisotopic (exact) mass is 302 g/mol.